The Morgan fingerprint density at radius 3 is 1.69 bits per heavy atom. The van der Waals surface area contributed by atoms with E-state index < -0.39 is 0 Å². The van der Waals surface area contributed by atoms with Gasteiger partial charge < -0.3 is 13.9 Å². The molecule has 0 N–H and O–H groups in total. The van der Waals surface area contributed by atoms with Crippen LogP contribution in [0.2, 0.25) is 0 Å². The molecular weight excluding hydrogens is 717 g/mol. The Kier molecular flexibility index (Phi) is 7.54. The summed E-state index contributed by atoms with van der Waals surface area (Å²) < 4.78 is 8.90. The van der Waals surface area contributed by atoms with E-state index in [1.807, 2.05) is 6.07 Å². The lowest BCUT2D eigenvalue weighted by atomic mass is 9.94. The van der Waals surface area contributed by atoms with E-state index in [0.29, 0.717) is 0 Å². The standard InChI is InChI=1S/C56H36N2O/c1-2-13-39-36-40(25-24-37(39)12-1)38-26-28-41(29-27-38)57(42-30-32-43(33-31-42)58-53-21-8-4-15-47(53)48-16-5-9-22-54(48)58)52-20-7-3-14-46(52)44-18-11-19-50-45(44)34-35-51-49-17-6-10-23-55(49)59-56(50)51/h1-36H. The van der Waals surface area contributed by atoms with Crippen LogP contribution >= 0.6 is 0 Å². The van der Waals surface area contributed by atoms with E-state index in [1.165, 1.54) is 43.7 Å². The highest BCUT2D eigenvalue weighted by Gasteiger charge is 2.21. The summed E-state index contributed by atoms with van der Waals surface area (Å²) in [5.41, 5.74) is 13.2. The van der Waals surface area contributed by atoms with Gasteiger partial charge in [-0.15, -0.1) is 0 Å². The second-order valence-corrected chi connectivity index (χ2v) is 15.3. The SMILES string of the molecule is c1ccc(N(c2ccc(-c3ccc4ccccc4c3)cc2)c2ccc(-n3c4ccccc4c4ccccc43)cc2)c(-c2cccc3c2ccc2c4ccccc4oc32)c1. The molecule has 59 heavy (non-hydrogen) atoms. The van der Waals surface area contributed by atoms with Crippen LogP contribution in [0.5, 0.6) is 0 Å². The molecule has 3 nitrogen and oxygen atoms in total. The summed E-state index contributed by atoms with van der Waals surface area (Å²) in [7, 11) is 0. The van der Waals surface area contributed by atoms with E-state index in [4.69, 9.17) is 4.42 Å². The minimum absolute atomic E-state index is 0.906. The third-order valence-electron chi connectivity index (χ3n) is 12.0. The highest BCUT2D eigenvalue weighted by atomic mass is 16.3. The van der Waals surface area contributed by atoms with Gasteiger partial charge in [0.25, 0.3) is 0 Å². The largest absolute Gasteiger partial charge is 0.455 e. The lowest BCUT2D eigenvalue weighted by molar-refractivity contribution is 0.672. The van der Waals surface area contributed by atoms with E-state index in [1.54, 1.807) is 0 Å². The smallest absolute Gasteiger partial charge is 0.143 e. The first-order valence-electron chi connectivity index (χ1n) is 20.2. The molecule has 0 amide bonds. The number of anilines is 3. The molecule has 0 bridgehead atoms. The van der Waals surface area contributed by atoms with Crippen LogP contribution in [0.1, 0.15) is 0 Å². The first kappa shape index (κ1) is 33.3. The molecule has 12 rings (SSSR count). The van der Waals surface area contributed by atoms with Crippen molar-refractivity contribution in [1.29, 1.82) is 0 Å². The molecule has 12 aromatic rings. The maximum Gasteiger partial charge on any atom is 0.143 e. The van der Waals surface area contributed by atoms with Gasteiger partial charge >= 0.3 is 0 Å². The monoisotopic (exact) mass is 752 g/mol. The second-order valence-electron chi connectivity index (χ2n) is 15.3. The highest BCUT2D eigenvalue weighted by Crippen LogP contribution is 2.45. The van der Waals surface area contributed by atoms with E-state index in [0.717, 1.165) is 66.6 Å². The van der Waals surface area contributed by atoms with Gasteiger partial charge in [0.1, 0.15) is 11.2 Å². The van der Waals surface area contributed by atoms with Crippen LogP contribution in [0.25, 0.3) is 93.2 Å². The van der Waals surface area contributed by atoms with Crippen molar-refractivity contribution in [3.8, 4) is 27.9 Å². The Bertz CT molecular complexity index is 3500. The molecule has 10 aromatic carbocycles. The third kappa shape index (κ3) is 5.36. The number of benzene rings is 10. The molecule has 0 saturated heterocycles. The van der Waals surface area contributed by atoms with Crippen molar-refractivity contribution >= 4 is 82.4 Å². The molecule has 276 valence electrons. The zero-order valence-corrected chi connectivity index (χ0v) is 32.1. The zero-order valence-electron chi connectivity index (χ0n) is 32.1. The Morgan fingerprint density at radius 1 is 0.356 bits per heavy atom. The average molecular weight is 753 g/mol. The van der Waals surface area contributed by atoms with Gasteiger partial charge in [0.15, 0.2) is 0 Å². The van der Waals surface area contributed by atoms with E-state index in [2.05, 4.69) is 222 Å². The molecule has 0 saturated carbocycles. The Morgan fingerprint density at radius 2 is 0.915 bits per heavy atom. The molecule has 0 spiro atoms. The minimum atomic E-state index is 0.906. The first-order valence-corrected chi connectivity index (χ1v) is 20.2. The third-order valence-corrected chi connectivity index (χ3v) is 12.0. The first-order chi connectivity index (χ1) is 29.3. The van der Waals surface area contributed by atoms with Crippen LogP contribution in [0.3, 0.4) is 0 Å². The molecule has 0 atom stereocenters. The number of fused-ring (bicyclic) bond motifs is 9. The number of hydrogen-bond acceptors (Lipinski definition) is 2. The fraction of sp³-hybridized carbons (Fsp3) is 0. The predicted molar refractivity (Wildman–Crippen MR) is 249 cm³/mol. The van der Waals surface area contributed by atoms with E-state index in [-0.39, 0.29) is 0 Å². The molecule has 0 unspecified atom stereocenters. The van der Waals surface area contributed by atoms with E-state index >= 15 is 0 Å². The number of hydrogen-bond donors (Lipinski definition) is 0. The molecular formula is C56H36N2O. The van der Waals surface area contributed by atoms with Crippen LogP contribution in [-0.2, 0) is 0 Å². The average Bonchev–Trinajstić information content (AvgIpc) is 3.86. The van der Waals surface area contributed by atoms with Crippen LogP contribution in [0.15, 0.2) is 223 Å². The van der Waals surface area contributed by atoms with Crippen molar-refractivity contribution in [2.75, 3.05) is 4.90 Å². The summed E-state index contributed by atoms with van der Waals surface area (Å²) in [5.74, 6) is 0. The van der Waals surface area contributed by atoms with Crippen LogP contribution in [0.4, 0.5) is 17.1 Å². The molecule has 2 heterocycles. The molecule has 3 heteroatoms. The topological polar surface area (TPSA) is 21.3 Å². The van der Waals surface area contributed by atoms with Crippen molar-refractivity contribution in [2.24, 2.45) is 0 Å². The van der Waals surface area contributed by atoms with Crippen LogP contribution in [-0.4, -0.2) is 4.57 Å². The number of furan rings is 1. The van der Waals surface area contributed by atoms with Gasteiger partial charge in [-0.25, -0.2) is 0 Å². The normalized spacial score (nSPS) is 11.7. The second kappa shape index (κ2) is 13.4. The molecule has 0 aliphatic carbocycles. The number of rotatable bonds is 6. The van der Waals surface area contributed by atoms with Crippen molar-refractivity contribution in [1.82, 2.24) is 4.57 Å². The molecule has 0 radical (unpaired) electrons. The maximum atomic E-state index is 6.53. The van der Waals surface area contributed by atoms with Gasteiger partial charge in [-0.05, 0) is 106 Å². The number of nitrogens with zero attached hydrogens (tertiary/aromatic N) is 2. The van der Waals surface area contributed by atoms with Gasteiger partial charge in [-0.3, -0.25) is 0 Å². The molecule has 0 fully saturated rings. The number of aromatic nitrogens is 1. The van der Waals surface area contributed by atoms with Crippen molar-refractivity contribution < 1.29 is 4.42 Å². The summed E-state index contributed by atoms with van der Waals surface area (Å²) in [6, 6.07) is 78.8. The predicted octanol–water partition coefficient (Wildman–Crippen LogP) is 15.8. The summed E-state index contributed by atoms with van der Waals surface area (Å²) in [6.07, 6.45) is 0. The molecule has 2 aromatic heterocycles. The summed E-state index contributed by atoms with van der Waals surface area (Å²) in [5, 5.41) is 9.52. The van der Waals surface area contributed by atoms with Crippen LogP contribution in [0, 0.1) is 0 Å². The van der Waals surface area contributed by atoms with Gasteiger partial charge in [-0.1, -0.05) is 146 Å². The summed E-state index contributed by atoms with van der Waals surface area (Å²) in [6.45, 7) is 0. The van der Waals surface area contributed by atoms with Crippen molar-refractivity contribution in [3.63, 3.8) is 0 Å². The van der Waals surface area contributed by atoms with Crippen molar-refractivity contribution in [2.45, 2.75) is 0 Å². The zero-order chi connectivity index (χ0) is 38.9. The Balaban J connectivity index is 1.03. The van der Waals surface area contributed by atoms with E-state index in [9.17, 15) is 0 Å². The van der Waals surface area contributed by atoms with Gasteiger partial charge in [0.2, 0.25) is 0 Å². The lowest BCUT2D eigenvalue weighted by Crippen LogP contribution is -2.11. The fourth-order valence-electron chi connectivity index (χ4n) is 9.22. The Labute approximate surface area is 341 Å². The fourth-order valence-corrected chi connectivity index (χ4v) is 9.22. The quantitative estimate of drug-likeness (QED) is 0.169. The molecule has 0 aliphatic rings. The van der Waals surface area contributed by atoms with Crippen molar-refractivity contribution in [3.05, 3.63) is 218 Å². The van der Waals surface area contributed by atoms with Gasteiger partial charge in [0, 0.05) is 49.6 Å². The number of para-hydroxylation sites is 4. The minimum Gasteiger partial charge on any atom is -0.455 e. The van der Waals surface area contributed by atoms with Crippen LogP contribution < -0.4 is 4.90 Å². The molecule has 0 aliphatic heterocycles. The summed E-state index contributed by atoms with van der Waals surface area (Å²) in [4.78, 5) is 2.40. The maximum absolute atomic E-state index is 6.53. The summed E-state index contributed by atoms with van der Waals surface area (Å²) >= 11 is 0. The lowest BCUT2D eigenvalue weighted by Gasteiger charge is -2.28. The highest BCUT2D eigenvalue weighted by molar-refractivity contribution is 6.18. The van der Waals surface area contributed by atoms with Gasteiger partial charge in [0.05, 0.1) is 16.7 Å². The Hall–Kier alpha value is -7.88. The van der Waals surface area contributed by atoms with Gasteiger partial charge in [-0.2, -0.15) is 0 Å².